The zero-order valence-corrected chi connectivity index (χ0v) is 23.5. The second-order valence-electron chi connectivity index (χ2n) is 10.2. The summed E-state index contributed by atoms with van der Waals surface area (Å²) in [6.45, 7) is 5.36. The summed E-state index contributed by atoms with van der Waals surface area (Å²) >= 11 is 0. The summed E-state index contributed by atoms with van der Waals surface area (Å²) in [5.74, 6) is -1.10. The number of nitrogens with one attached hydrogen (secondary N) is 1. The van der Waals surface area contributed by atoms with Crippen LogP contribution in [0.25, 0.3) is 0 Å². The van der Waals surface area contributed by atoms with Gasteiger partial charge in [0.05, 0.1) is 28.5 Å². The molecular formula is C31H33N5O6. The highest BCUT2D eigenvalue weighted by molar-refractivity contribution is 6.07. The number of nitro groups is 1. The van der Waals surface area contributed by atoms with E-state index in [1.54, 1.807) is 54.3 Å². The number of esters is 1. The van der Waals surface area contributed by atoms with Crippen molar-refractivity contribution >= 4 is 40.5 Å². The van der Waals surface area contributed by atoms with Crippen molar-refractivity contribution in [2.75, 3.05) is 61.0 Å². The van der Waals surface area contributed by atoms with Crippen LogP contribution in [0.15, 0.2) is 66.7 Å². The molecule has 3 aromatic carbocycles. The van der Waals surface area contributed by atoms with Crippen LogP contribution >= 0.6 is 0 Å². The Labute approximate surface area is 243 Å². The van der Waals surface area contributed by atoms with Gasteiger partial charge in [-0.1, -0.05) is 18.2 Å². The molecule has 0 atom stereocenters. The minimum absolute atomic E-state index is 0.0413. The molecule has 2 aliphatic heterocycles. The third kappa shape index (κ3) is 6.19. The van der Waals surface area contributed by atoms with Crippen LogP contribution in [-0.2, 0) is 4.74 Å². The number of piperazine rings is 1. The zero-order valence-electron chi connectivity index (χ0n) is 23.5. The van der Waals surface area contributed by atoms with Crippen molar-refractivity contribution in [3.05, 3.63) is 93.5 Å². The van der Waals surface area contributed by atoms with Crippen LogP contribution in [0.5, 0.6) is 0 Å². The minimum atomic E-state index is -0.536. The van der Waals surface area contributed by atoms with Gasteiger partial charge >= 0.3 is 5.97 Å². The molecule has 11 nitrogen and oxygen atoms in total. The molecule has 42 heavy (non-hydrogen) atoms. The normalized spacial score (nSPS) is 14.9. The molecule has 0 unspecified atom stereocenters. The molecule has 2 heterocycles. The van der Waals surface area contributed by atoms with Crippen molar-refractivity contribution in [2.45, 2.75) is 19.8 Å². The van der Waals surface area contributed by atoms with Gasteiger partial charge in [-0.05, 0) is 62.2 Å². The molecule has 1 N–H and O–H groups in total. The van der Waals surface area contributed by atoms with E-state index in [9.17, 15) is 24.5 Å². The number of hydrogen-bond donors (Lipinski definition) is 1. The van der Waals surface area contributed by atoms with E-state index in [-0.39, 0.29) is 29.3 Å². The van der Waals surface area contributed by atoms with Gasteiger partial charge in [0.2, 0.25) is 0 Å². The molecule has 11 heteroatoms. The van der Waals surface area contributed by atoms with Crippen molar-refractivity contribution in [1.82, 2.24) is 4.90 Å². The highest BCUT2D eigenvalue weighted by atomic mass is 16.6. The number of amides is 2. The number of rotatable bonds is 8. The highest BCUT2D eigenvalue weighted by Gasteiger charge is 2.27. The number of benzene rings is 3. The number of hydrogen-bond acceptors (Lipinski definition) is 8. The van der Waals surface area contributed by atoms with Gasteiger partial charge in [-0.15, -0.1) is 0 Å². The van der Waals surface area contributed by atoms with Gasteiger partial charge in [-0.2, -0.15) is 0 Å². The summed E-state index contributed by atoms with van der Waals surface area (Å²) in [6, 6.07) is 18.6. The Bertz CT molecular complexity index is 1480. The van der Waals surface area contributed by atoms with Crippen LogP contribution < -0.4 is 15.1 Å². The number of carbonyl (C=O) groups excluding carboxylic acids is 3. The molecule has 3 aromatic rings. The summed E-state index contributed by atoms with van der Waals surface area (Å²) in [7, 11) is 0. The average molecular weight is 572 g/mol. The maximum Gasteiger partial charge on any atom is 0.338 e. The lowest BCUT2D eigenvalue weighted by Crippen LogP contribution is -2.49. The number of anilines is 3. The first-order chi connectivity index (χ1) is 20.4. The van der Waals surface area contributed by atoms with Crippen molar-refractivity contribution in [1.29, 1.82) is 0 Å². The predicted octanol–water partition coefficient (Wildman–Crippen LogP) is 4.59. The van der Waals surface area contributed by atoms with E-state index < -0.39 is 16.8 Å². The van der Waals surface area contributed by atoms with E-state index >= 15 is 0 Å². The van der Waals surface area contributed by atoms with Crippen LogP contribution in [0.3, 0.4) is 0 Å². The van der Waals surface area contributed by atoms with Gasteiger partial charge < -0.3 is 24.8 Å². The summed E-state index contributed by atoms with van der Waals surface area (Å²) < 4.78 is 5.16. The summed E-state index contributed by atoms with van der Waals surface area (Å²) in [5, 5.41) is 14.8. The molecule has 0 saturated carbocycles. The smallest absolute Gasteiger partial charge is 0.338 e. The van der Waals surface area contributed by atoms with Gasteiger partial charge in [-0.25, -0.2) is 4.79 Å². The van der Waals surface area contributed by atoms with E-state index in [0.29, 0.717) is 48.8 Å². The van der Waals surface area contributed by atoms with Crippen LogP contribution in [-0.4, -0.2) is 73.5 Å². The molecule has 0 aromatic heterocycles. The van der Waals surface area contributed by atoms with Crippen molar-refractivity contribution in [2.24, 2.45) is 0 Å². The Morgan fingerprint density at radius 1 is 0.810 bits per heavy atom. The third-order valence-electron chi connectivity index (χ3n) is 7.57. The second-order valence-corrected chi connectivity index (χ2v) is 10.2. The topological polar surface area (TPSA) is 125 Å². The van der Waals surface area contributed by atoms with E-state index in [1.807, 2.05) is 28.0 Å². The number of carbonyl (C=O) groups is 3. The lowest BCUT2D eigenvalue weighted by Gasteiger charge is -2.37. The molecule has 2 amide bonds. The number of ether oxygens (including phenoxy) is 1. The Hall–Kier alpha value is -4.93. The first-order valence-electron chi connectivity index (χ1n) is 14.1. The van der Waals surface area contributed by atoms with Crippen molar-refractivity contribution in [3.63, 3.8) is 0 Å². The van der Waals surface area contributed by atoms with Crippen LogP contribution in [0.4, 0.5) is 22.7 Å². The SMILES string of the molecule is CCOC(=O)c1ccc(N2CCN(C(=O)c3ccccc3)CC2)c(NC(=O)c2ccc(N3CCCC3)c([N+](=O)[O-])c2)c1. The molecular weight excluding hydrogens is 538 g/mol. The van der Waals surface area contributed by atoms with Crippen molar-refractivity contribution in [3.8, 4) is 0 Å². The quantitative estimate of drug-likeness (QED) is 0.237. The van der Waals surface area contributed by atoms with Gasteiger partial charge in [0.1, 0.15) is 5.69 Å². The molecule has 0 radical (unpaired) electrons. The molecule has 2 aliphatic rings. The Morgan fingerprint density at radius 2 is 1.45 bits per heavy atom. The zero-order chi connectivity index (χ0) is 29.6. The van der Waals surface area contributed by atoms with Crippen LogP contribution in [0.1, 0.15) is 50.8 Å². The fourth-order valence-electron chi connectivity index (χ4n) is 5.40. The van der Waals surface area contributed by atoms with Crippen molar-refractivity contribution < 1.29 is 24.0 Å². The van der Waals surface area contributed by atoms with E-state index in [4.69, 9.17) is 4.74 Å². The maximum atomic E-state index is 13.4. The van der Waals surface area contributed by atoms with E-state index in [0.717, 1.165) is 25.9 Å². The van der Waals surface area contributed by atoms with E-state index in [2.05, 4.69) is 5.32 Å². The van der Waals surface area contributed by atoms with Gasteiger partial charge in [0.15, 0.2) is 0 Å². The number of nitro benzene ring substituents is 1. The molecule has 0 bridgehead atoms. The summed E-state index contributed by atoms with van der Waals surface area (Å²) in [4.78, 5) is 56.1. The lowest BCUT2D eigenvalue weighted by molar-refractivity contribution is -0.384. The molecule has 0 spiro atoms. The molecule has 2 fully saturated rings. The standard InChI is InChI=1S/C31H33N5O6/c1-2-42-31(39)24-11-12-26(34-16-18-35(19-17-34)30(38)22-8-4-3-5-9-22)25(20-24)32-29(37)23-10-13-27(28(21-23)36(40)41)33-14-6-7-15-33/h3-5,8-13,20-21H,2,6-7,14-19H2,1H3,(H,32,37). The molecule has 0 aliphatic carbocycles. The fourth-order valence-corrected chi connectivity index (χ4v) is 5.40. The second kappa shape index (κ2) is 12.7. The largest absolute Gasteiger partial charge is 0.462 e. The maximum absolute atomic E-state index is 13.4. The Kier molecular flexibility index (Phi) is 8.66. The number of nitrogens with zero attached hydrogens (tertiary/aromatic N) is 4. The predicted molar refractivity (Wildman–Crippen MR) is 159 cm³/mol. The highest BCUT2D eigenvalue weighted by Crippen LogP contribution is 2.33. The molecule has 2 saturated heterocycles. The molecule has 5 rings (SSSR count). The summed E-state index contributed by atoms with van der Waals surface area (Å²) in [5.41, 5.74) is 2.46. The first kappa shape index (κ1) is 28.6. The Balaban J connectivity index is 1.38. The van der Waals surface area contributed by atoms with Gasteiger partial charge in [-0.3, -0.25) is 19.7 Å². The third-order valence-corrected chi connectivity index (χ3v) is 7.57. The lowest BCUT2D eigenvalue weighted by atomic mass is 10.1. The average Bonchev–Trinajstić information content (AvgIpc) is 3.56. The summed E-state index contributed by atoms with van der Waals surface area (Å²) in [6.07, 6.45) is 1.93. The first-order valence-corrected chi connectivity index (χ1v) is 14.1. The fraction of sp³-hybridized carbons (Fsp3) is 0.323. The van der Waals surface area contributed by atoms with E-state index in [1.165, 1.54) is 6.07 Å². The van der Waals surface area contributed by atoms with Gasteiger partial charge in [0.25, 0.3) is 17.5 Å². The Morgan fingerprint density at radius 3 is 2.12 bits per heavy atom. The van der Waals surface area contributed by atoms with Crippen LogP contribution in [0, 0.1) is 10.1 Å². The monoisotopic (exact) mass is 571 g/mol. The van der Waals surface area contributed by atoms with Crippen LogP contribution in [0.2, 0.25) is 0 Å². The van der Waals surface area contributed by atoms with Gasteiger partial charge in [0, 0.05) is 56.5 Å². The minimum Gasteiger partial charge on any atom is -0.462 e. The molecule has 218 valence electrons.